The highest BCUT2D eigenvalue weighted by Gasteiger charge is 2.09. The van der Waals surface area contributed by atoms with E-state index in [0.717, 1.165) is 23.5 Å². The summed E-state index contributed by atoms with van der Waals surface area (Å²) in [6.45, 7) is 4.12. The summed E-state index contributed by atoms with van der Waals surface area (Å²) in [5.41, 5.74) is 1.06. The number of carboxylic acids is 1. The lowest BCUT2D eigenvalue weighted by molar-refractivity contribution is -0.121. The topological polar surface area (TPSA) is 66.4 Å². The van der Waals surface area contributed by atoms with Crippen molar-refractivity contribution < 1.29 is 14.7 Å². The highest BCUT2D eigenvalue weighted by Crippen LogP contribution is 2.07. The molecule has 2 N–H and O–H groups in total. The quantitative estimate of drug-likeness (QED) is 0.723. The largest absolute Gasteiger partial charge is 0.478 e. The minimum absolute atomic E-state index is 0.0259. The van der Waals surface area contributed by atoms with Crippen molar-refractivity contribution in [2.24, 2.45) is 0 Å². The minimum Gasteiger partial charge on any atom is -0.478 e. The zero-order valence-corrected chi connectivity index (χ0v) is 12.7. The van der Waals surface area contributed by atoms with E-state index in [2.05, 4.69) is 12.2 Å². The van der Waals surface area contributed by atoms with Gasteiger partial charge in [-0.3, -0.25) is 4.79 Å². The molecule has 0 radical (unpaired) electrons. The molecule has 0 saturated carbocycles. The molecule has 0 aliphatic rings. The molecule has 0 spiro atoms. The van der Waals surface area contributed by atoms with Crippen molar-refractivity contribution in [3.05, 3.63) is 35.4 Å². The number of aromatic carboxylic acids is 1. The molecule has 110 valence electrons. The molecule has 0 bridgehead atoms. The van der Waals surface area contributed by atoms with Gasteiger partial charge in [-0.25, -0.2) is 4.79 Å². The predicted octanol–water partition coefficient (Wildman–Crippen LogP) is 2.58. The summed E-state index contributed by atoms with van der Waals surface area (Å²) in [5, 5.41) is 11.8. The number of nitrogens with one attached hydrogen (secondary N) is 1. The molecular weight excluding hydrogens is 274 g/mol. The molecule has 0 heterocycles. The van der Waals surface area contributed by atoms with Crippen molar-refractivity contribution in [1.82, 2.24) is 5.32 Å². The lowest BCUT2D eigenvalue weighted by Gasteiger charge is -2.13. The first-order valence-corrected chi connectivity index (χ1v) is 7.87. The van der Waals surface area contributed by atoms with Gasteiger partial charge in [0.05, 0.1) is 12.0 Å². The van der Waals surface area contributed by atoms with Gasteiger partial charge in [0, 0.05) is 6.04 Å². The zero-order chi connectivity index (χ0) is 15.0. The normalized spacial score (nSPS) is 11.9. The Morgan fingerprint density at radius 2 is 1.95 bits per heavy atom. The van der Waals surface area contributed by atoms with E-state index in [9.17, 15) is 9.59 Å². The Bertz CT molecular complexity index is 445. The summed E-state index contributed by atoms with van der Waals surface area (Å²) in [5.74, 6) is 1.16. The van der Waals surface area contributed by atoms with Crippen LogP contribution >= 0.6 is 11.8 Å². The lowest BCUT2D eigenvalue weighted by atomic mass is 10.1. The summed E-state index contributed by atoms with van der Waals surface area (Å²) in [7, 11) is 0. The van der Waals surface area contributed by atoms with Crippen LogP contribution in [0.5, 0.6) is 0 Å². The van der Waals surface area contributed by atoms with Crippen LogP contribution in [-0.4, -0.2) is 34.5 Å². The van der Waals surface area contributed by atoms with Gasteiger partial charge in [0.15, 0.2) is 0 Å². The third-order valence-corrected chi connectivity index (χ3v) is 3.80. The first-order valence-electron chi connectivity index (χ1n) is 6.72. The Morgan fingerprint density at radius 3 is 2.50 bits per heavy atom. The van der Waals surface area contributed by atoms with Gasteiger partial charge in [0.2, 0.25) is 5.91 Å². The van der Waals surface area contributed by atoms with Crippen LogP contribution in [0.1, 0.15) is 36.2 Å². The Morgan fingerprint density at radius 1 is 1.30 bits per heavy atom. The Hall–Kier alpha value is -1.49. The molecular formula is C15H21NO3S. The number of thioether (sulfide) groups is 1. The zero-order valence-electron chi connectivity index (χ0n) is 11.9. The van der Waals surface area contributed by atoms with Crippen LogP contribution in [0.3, 0.4) is 0 Å². The second kappa shape index (κ2) is 8.64. The monoisotopic (exact) mass is 295 g/mol. The van der Waals surface area contributed by atoms with Gasteiger partial charge in [0.25, 0.3) is 0 Å². The van der Waals surface area contributed by atoms with Gasteiger partial charge >= 0.3 is 5.97 Å². The van der Waals surface area contributed by atoms with Crippen LogP contribution in [0.15, 0.2) is 24.3 Å². The van der Waals surface area contributed by atoms with E-state index in [4.69, 9.17) is 5.11 Å². The van der Waals surface area contributed by atoms with Crippen LogP contribution in [-0.2, 0) is 11.2 Å². The fourth-order valence-electron chi connectivity index (χ4n) is 1.75. The maximum Gasteiger partial charge on any atom is 0.335 e. The number of amides is 1. The lowest BCUT2D eigenvalue weighted by Crippen LogP contribution is -2.34. The minimum atomic E-state index is -0.956. The van der Waals surface area contributed by atoms with Crippen LogP contribution < -0.4 is 5.32 Å². The van der Waals surface area contributed by atoms with Crippen LogP contribution in [0, 0.1) is 0 Å². The van der Waals surface area contributed by atoms with Crippen molar-refractivity contribution in [2.75, 3.05) is 11.5 Å². The summed E-state index contributed by atoms with van der Waals surface area (Å²) in [4.78, 5) is 22.6. The van der Waals surface area contributed by atoms with E-state index in [-0.39, 0.29) is 23.9 Å². The average molecular weight is 295 g/mol. The predicted molar refractivity (Wildman–Crippen MR) is 82.3 cm³/mol. The van der Waals surface area contributed by atoms with Crippen LogP contribution in [0.25, 0.3) is 0 Å². The molecule has 5 heteroatoms. The number of benzene rings is 1. The average Bonchev–Trinajstić information content (AvgIpc) is 2.39. The van der Waals surface area contributed by atoms with Crippen molar-refractivity contribution >= 4 is 23.6 Å². The molecule has 0 fully saturated rings. The van der Waals surface area contributed by atoms with Crippen LogP contribution in [0.4, 0.5) is 0 Å². The van der Waals surface area contributed by atoms with E-state index in [1.165, 1.54) is 12.1 Å². The fraction of sp³-hybridized carbons (Fsp3) is 0.467. The summed E-state index contributed by atoms with van der Waals surface area (Å²) in [6.07, 6.45) is 1.24. The molecule has 1 aromatic rings. The van der Waals surface area contributed by atoms with Gasteiger partial charge in [-0.2, -0.15) is 11.8 Å². The van der Waals surface area contributed by atoms with Gasteiger partial charge in [0.1, 0.15) is 0 Å². The number of rotatable bonds is 8. The van der Waals surface area contributed by atoms with E-state index in [0.29, 0.717) is 0 Å². The van der Waals surface area contributed by atoms with Gasteiger partial charge in [-0.05, 0) is 42.5 Å². The Kier molecular flexibility index (Phi) is 7.15. The number of carboxylic acid groups (broad SMARTS) is 1. The first-order chi connectivity index (χ1) is 9.52. The molecule has 1 rings (SSSR count). The Balaban J connectivity index is 2.39. The summed E-state index contributed by atoms with van der Waals surface area (Å²) >= 11 is 1.86. The molecule has 20 heavy (non-hydrogen) atoms. The molecule has 0 saturated heterocycles. The van der Waals surface area contributed by atoms with Crippen molar-refractivity contribution in [3.8, 4) is 0 Å². The van der Waals surface area contributed by atoms with Gasteiger partial charge in [-0.1, -0.05) is 19.1 Å². The second-order valence-electron chi connectivity index (χ2n) is 4.63. The molecule has 0 aliphatic carbocycles. The molecule has 0 aromatic heterocycles. The third-order valence-electron chi connectivity index (χ3n) is 2.87. The maximum absolute atomic E-state index is 11.8. The Labute approximate surface area is 124 Å². The SMILES string of the molecule is CCSCCC(C)NC(=O)Cc1ccc(C(=O)O)cc1. The van der Waals surface area contributed by atoms with Crippen molar-refractivity contribution in [1.29, 1.82) is 0 Å². The number of hydrogen-bond acceptors (Lipinski definition) is 3. The van der Waals surface area contributed by atoms with E-state index in [1.54, 1.807) is 12.1 Å². The number of hydrogen-bond donors (Lipinski definition) is 2. The maximum atomic E-state index is 11.8. The molecule has 1 unspecified atom stereocenters. The standard InChI is InChI=1S/C15H21NO3S/c1-3-20-9-8-11(2)16-14(17)10-12-4-6-13(7-5-12)15(18)19/h4-7,11H,3,8-10H2,1-2H3,(H,16,17)(H,18,19). The van der Waals surface area contributed by atoms with Gasteiger partial charge < -0.3 is 10.4 Å². The molecule has 4 nitrogen and oxygen atoms in total. The third kappa shape index (κ3) is 6.10. The highest BCUT2D eigenvalue weighted by molar-refractivity contribution is 7.99. The highest BCUT2D eigenvalue weighted by atomic mass is 32.2. The van der Waals surface area contributed by atoms with Gasteiger partial charge in [-0.15, -0.1) is 0 Å². The fourth-order valence-corrected chi connectivity index (χ4v) is 2.56. The van der Waals surface area contributed by atoms with E-state index >= 15 is 0 Å². The number of carbonyl (C=O) groups is 2. The van der Waals surface area contributed by atoms with Crippen LogP contribution in [0.2, 0.25) is 0 Å². The van der Waals surface area contributed by atoms with Crippen molar-refractivity contribution in [3.63, 3.8) is 0 Å². The molecule has 1 aromatic carbocycles. The first kappa shape index (κ1) is 16.6. The molecule has 1 atom stereocenters. The van der Waals surface area contributed by atoms with Crippen molar-refractivity contribution in [2.45, 2.75) is 32.7 Å². The summed E-state index contributed by atoms with van der Waals surface area (Å²) in [6, 6.07) is 6.57. The van der Waals surface area contributed by atoms with E-state index < -0.39 is 5.97 Å². The molecule has 1 amide bonds. The number of carbonyl (C=O) groups excluding carboxylic acids is 1. The van der Waals surface area contributed by atoms with E-state index in [1.807, 2.05) is 18.7 Å². The smallest absolute Gasteiger partial charge is 0.335 e. The molecule has 0 aliphatic heterocycles. The summed E-state index contributed by atoms with van der Waals surface area (Å²) < 4.78 is 0. The second-order valence-corrected chi connectivity index (χ2v) is 6.03.